The molecule has 0 spiro atoms. The number of halogens is 2. The summed E-state index contributed by atoms with van der Waals surface area (Å²) in [5.74, 6) is -2.14. The van der Waals surface area contributed by atoms with Crippen molar-refractivity contribution in [1.29, 1.82) is 0 Å². The van der Waals surface area contributed by atoms with Gasteiger partial charge in [0.25, 0.3) is 5.69 Å². The van der Waals surface area contributed by atoms with Crippen molar-refractivity contribution in [2.75, 3.05) is 5.73 Å². The summed E-state index contributed by atoms with van der Waals surface area (Å²) in [6.45, 7) is 0. The third-order valence-corrected chi connectivity index (χ3v) is 1.27. The predicted molar refractivity (Wildman–Crippen MR) is 37.4 cm³/mol. The molecule has 2 N–H and O–H groups in total. The van der Waals surface area contributed by atoms with Gasteiger partial charge in [-0.2, -0.15) is 0 Å². The molecule has 4 nitrogen and oxygen atoms in total. The van der Waals surface area contributed by atoms with Crippen LogP contribution in [-0.4, -0.2) is 4.92 Å². The molecule has 0 aromatic heterocycles. The molecule has 0 aliphatic carbocycles. The lowest BCUT2D eigenvalue weighted by atomic mass is 10.2. The molecule has 1 rings (SSSR count). The summed E-state index contributed by atoms with van der Waals surface area (Å²) in [6, 6.07) is 1.06. The summed E-state index contributed by atoms with van der Waals surface area (Å²) in [5, 5.41) is 10.1. The minimum atomic E-state index is -1.12. The summed E-state index contributed by atoms with van der Waals surface area (Å²) < 4.78 is 24.9. The van der Waals surface area contributed by atoms with Gasteiger partial charge in [0.2, 0.25) is 0 Å². The molecule has 0 aliphatic rings. The van der Waals surface area contributed by atoms with Crippen molar-refractivity contribution in [2.45, 2.75) is 0 Å². The molecule has 0 saturated carbocycles. The summed E-state index contributed by atoms with van der Waals surface area (Å²) in [6.07, 6.45) is 0. The summed E-state index contributed by atoms with van der Waals surface area (Å²) in [4.78, 5) is 9.18. The van der Waals surface area contributed by atoms with Crippen LogP contribution in [0.1, 0.15) is 0 Å². The predicted octanol–water partition coefficient (Wildman–Crippen LogP) is 1.46. The second-order valence-corrected chi connectivity index (χ2v) is 2.08. The molecule has 6 heteroatoms. The fourth-order valence-corrected chi connectivity index (χ4v) is 0.722. The number of nitro groups is 1. The van der Waals surface area contributed by atoms with E-state index < -0.39 is 27.9 Å². The number of hydrogen-bond donors (Lipinski definition) is 1. The number of rotatable bonds is 1. The zero-order chi connectivity index (χ0) is 9.30. The minimum absolute atomic E-state index is 0.488. The molecule has 0 aliphatic heterocycles. The van der Waals surface area contributed by atoms with Gasteiger partial charge in [-0.25, -0.2) is 8.78 Å². The Labute approximate surface area is 65.8 Å². The van der Waals surface area contributed by atoms with Crippen molar-refractivity contribution >= 4 is 11.4 Å². The Hall–Kier alpha value is -1.72. The molecule has 0 fully saturated rings. The van der Waals surface area contributed by atoms with Crippen molar-refractivity contribution in [3.63, 3.8) is 0 Å². The van der Waals surface area contributed by atoms with E-state index in [1.165, 1.54) is 0 Å². The lowest BCUT2D eigenvalue weighted by molar-refractivity contribution is -0.384. The van der Waals surface area contributed by atoms with Crippen molar-refractivity contribution in [3.8, 4) is 0 Å². The maximum Gasteiger partial charge on any atom is 0.298 e. The highest BCUT2D eigenvalue weighted by Crippen LogP contribution is 2.24. The van der Waals surface area contributed by atoms with Crippen LogP contribution in [0.25, 0.3) is 0 Å². The van der Waals surface area contributed by atoms with Gasteiger partial charge in [-0.05, 0) is 0 Å². The first kappa shape index (κ1) is 8.38. The Kier molecular flexibility index (Phi) is 1.90. The smallest absolute Gasteiger partial charge is 0.298 e. The number of anilines is 1. The molecular weight excluding hydrogens is 170 g/mol. The molecule has 0 unspecified atom stereocenters. The first-order chi connectivity index (χ1) is 5.52. The van der Waals surface area contributed by atoms with E-state index in [0.717, 1.165) is 0 Å². The minimum Gasteiger partial charge on any atom is -0.391 e. The average molecular weight is 174 g/mol. The largest absolute Gasteiger partial charge is 0.391 e. The highest BCUT2D eigenvalue weighted by atomic mass is 19.1. The second kappa shape index (κ2) is 2.72. The highest BCUT2D eigenvalue weighted by molar-refractivity contribution is 5.58. The molecule has 0 bridgehead atoms. The number of hydrogen-bond acceptors (Lipinski definition) is 3. The van der Waals surface area contributed by atoms with Crippen molar-refractivity contribution < 1.29 is 13.7 Å². The third kappa shape index (κ3) is 1.31. The van der Waals surface area contributed by atoms with Crippen LogP contribution in [0.15, 0.2) is 12.1 Å². The van der Waals surface area contributed by atoms with E-state index in [1.807, 2.05) is 0 Å². The number of benzene rings is 1. The summed E-state index contributed by atoms with van der Waals surface area (Å²) in [7, 11) is 0. The number of nitrogens with two attached hydrogens (primary N) is 1. The fourth-order valence-electron chi connectivity index (χ4n) is 0.722. The Bertz CT molecular complexity index is 341. The number of nitro benzene ring substituents is 1. The van der Waals surface area contributed by atoms with Gasteiger partial charge in [0.15, 0.2) is 5.82 Å². The van der Waals surface area contributed by atoms with Crippen LogP contribution in [0.4, 0.5) is 20.2 Å². The zero-order valence-electron chi connectivity index (χ0n) is 5.75. The molecule has 0 amide bonds. The summed E-state index contributed by atoms with van der Waals surface area (Å²) in [5.41, 5.74) is 3.56. The van der Waals surface area contributed by atoms with E-state index in [1.54, 1.807) is 0 Å². The van der Waals surface area contributed by atoms with Gasteiger partial charge in [0.1, 0.15) is 11.5 Å². The van der Waals surface area contributed by atoms with Gasteiger partial charge in [-0.15, -0.1) is 0 Å². The van der Waals surface area contributed by atoms with E-state index in [0.29, 0.717) is 12.1 Å². The maximum absolute atomic E-state index is 12.5. The Balaban J connectivity index is 3.37. The van der Waals surface area contributed by atoms with Gasteiger partial charge in [0.05, 0.1) is 11.0 Å². The fraction of sp³-hybridized carbons (Fsp3) is 0. The topological polar surface area (TPSA) is 69.2 Å². The van der Waals surface area contributed by atoms with Crippen LogP contribution < -0.4 is 5.73 Å². The van der Waals surface area contributed by atoms with E-state index in [-0.39, 0.29) is 0 Å². The zero-order valence-corrected chi connectivity index (χ0v) is 5.75. The van der Waals surface area contributed by atoms with E-state index >= 15 is 0 Å². The molecule has 0 saturated heterocycles. The molecule has 64 valence electrons. The van der Waals surface area contributed by atoms with Gasteiger partial charge in [-0.3, -0.25) is 10.1 Å². The van der Waals surface area contributed by atoms with Crippen molar-refractivity contribution in [3.05, 3.63) is 33.9 Å². The van der Waals surface area contributed by atoms with Crippen molar-refractivity contribution in [2.24, 2.45) is 0 Å². The normalized spacial score (nSPS) is 9.83. The van der Waals surface area contributed by atoms with Crippen LogP contribution in [0.2, 0.25) is 0 Å². The Morgan fingerprint density at radius 3 is 2.50 bits per heavy atom. The van der Waals surface area contributed by atoms with E-state index in [2.05, 4.69) is 0 Å². The van der Waals surface area contributed by atoms with Gasteiger partial charge in [-0.1, -0.05) is 0 Å². The Morgan fingerprint density at radius 2 is 2.00 bits per heavy atom. The number of nitrogens with zero attached hydrogens (tertiary/aromatic N) is 1. The SMILES string of the molecule is Nc1c(F)cc(F)cc1[N+](=O)[O-]. The Morgan fingerprint density at radius 1 is 1.42 bits per heavy atom. The quantitative estimate of drug-likeness (QED) is 0.398. The standard InChI is InChI=1S/C6H4F2N2O2/c7-3-1-4(8)6(9)5(2-3)10(11)12/h1-2H,9H2. The molecule has 12 heavy (non-hydrogen) atoms. The van der Waals surface area contributed by atoms with Gasteiger partial charge < -0.3 is 5.73 Å². The lowest BCUT2D eigenvalue weighted by Gasteiger charge is -1.97. The monoisotopic (exact) mass is 174 g/mol. The first-order valence-corrected chi connectivity index (χ1v) is 2.91. The van der Waals surface area contributed by atoms with Crippen LogP contribution in [0.5, 0.6) is 0 Å². The van der Waals surface area contributed by atoms with Gasteiger partial charge >= 0.3 is 0 Å². The average Bonchev–Trinajstić information content (AvgIpc) is 1.96. The second-order valence-electron chi connectivity index (χ2n) is 2.08. The van der Waals surface area contributed by atoms with Crippen LogP contribution in [0, 0.1) is 21.7 Å². The molecule has 0 radical (unpaired) electrons. The van der Waals surface area contributed by atoms with Crippen LogP contribution in [0.3, 0.4) is 0 Å². The molecule has 1 aromatic carbocycles. The van der Waals surface area contributed by atoms with E-state index in [9.17, 15) is 18.9 Å². The summed E-state index contributed by atoms with van der Waals surface area (Å²) >= 11 is 0. The van der Waals surface area contributed by atoms with Gasteiger partial charge in [0, 0.05) is 6.07 Å². The van der Waals surface area contributed by atoms with Crippen LogP contribution >= 0.6 is 0 Å². The highest BCUT2D eigenvalue weighted by Gasteiger charge is 2.16. The lowest BCUT2D eigenvalue weighted by Crippen LogP contribution is -1.99. The van der Waals surface area contributed by atoms with E-state index in [4.69, 9.17) is 5.73 Å². The number of nitrogen functional groups attached to an aromatic ring is 1. The first-order valence-electron chi connectivity index (χ1n) is 2.91. The third-order valence-electron chi connectivity index (χ3n) is 1.27. The van der Waals surface area contributed by atoms with Crippen molar-refractivity contribution in [1.82, 2.24) is 0 Å². The molecule has 1 aromatic rings. The van der Waals surface area contributed by atoms with Crippen LogP contribution in [-0.2, 0) is 0 Å². The molecule has 0 atom stereocenters. The molecule has 0 heterocycles. The molecular formula is C6H4F2N2O2. The maximum atomic E-state index is 12.5.